The molecule has 0 aliphatic carbocycles. The summed E-state index contributed by atoms with van der Waals surface area (Å²) in [6.45, 7) is 9.10. The van der Waals surface area contributed by atoms with Crippen LogP contribution in [0.15, 0.2) is 54.6 Å². The monoisotopic (exact) mass is 326 g/mol. The SMILES string of the molecule is CCC(NCCNCc1ccc(OC(C)C)cc1)c1ccccc1. The Labute approximate surface area is 146 Å². The number of rotatable bonds is 10. The van der Waals surface area contributed by atoms with Crippen LogP contribution in [0.5, 0.6) is 5.75 Å². The molecule has 130 valence electrons. The normalized spacial score (nSPS) is 12.3. The second-order valence-corrected chi connectivity index (χ2v) is 6.31. The quantitative estimate of drug-likeness (QED) is 0.639. The minimum absolute atomic E-state index is 0.219. The van der Waals surface area contributed by atoms with Crippen molar-refractivity contribution in [3.8, 4) is 5.75 Å². The Bertz CT molecular complexity index is 566. The third-order valence-corrected chi connectivity index (χ3v) is 3.93. The lowest BCUT2D eigenvalue weighted by Gasteiger charge is -2.17. The van der Waals surface area contributed by atoms with Gasteiger partial charge in [-0.25, -0.2) is 0 Å². The lowest BCUT2D eigenvalue weighted by Crippen LogP contribution is -2.29. The molecule has 0 saturated carbocycles. The van der Waals surface area contributed by atoms with Crippen molar-refractivity contribution >= 4 is 0 Å². The first kappa shape index (κ1) is 18.5. The first-order chi connectivity index (χ1) is 11.7. The fraction of sp³-hybridized carbons (Fsp3) is 0.429. The van der Waals surface area contributed by atoms with Crippen LogP contribution < -0.4 is 15.4 Å². The van der Waals surface area contributed by atoms with Crippen LogP contribution in [0.3, 0.4) is 0 Å². The van der Waals surface area contributed by atoms with E-state index >= 15 is 0 Å². The topological polar surface area (TPSA) is 33.3 Å². The van der Waals surface area contributed by atoms with Gasteiger partial charge in [-0.05, 0) is 43.5 Å². The lowest BCUT2D eigenvalue weighted by atomic mass is 10.0. The summed E-state index contributed by atoms with van der Waals surface area (Å²) in [5, 5.41) is 7.11. The van der Waals surface area contributed by atoms with Crippen LogP contribution in [0.2, 0.25) is 0 Å². The molecule has 1 atom stereocenters. The Morgan fingerprint density at radius 3 is 2.25 bits per heavy atom. The van der Waals surface area contributed by atoms with Gasteiger partial charge in [0, 0.05) is 25.7 Å². The van der Waals surface area contributed by atoms with E-state index in [-0.39, 0.29) is 6.10 Å². The zero-order valence-corrected chi connectivity index (χ0v) is 15.1. The van der Waals surface area contributed by atoms with Gasteiger partial charge >= 0.3 is 0 Å². The highest BCUT2D eigenvalue weighted by molar-refractivity contribution is 5.27. The third kappa shape index (κ3) is 6.34. The van der Waals surface area contributed by atoms with Gasteiger partial charge in [0.25, 0.3) is 0 Å². The van der Waals surface area contributed by atoms with Gasteiger partial charge in [-0.1, -0.05) is 49.4 Å². The Kier molecular flexibility index (Phi) is 7.80. The van der Waals surface area contributed by atoms with Crippen molar-refractivity contribution < 1.29 is 4.74 Å². The van der Waals surface area contributed by atoms with Crippen molar-refractivity contribution in [2.75, 3.05) is 13.1 Å². The van der Waals surface area contributed by atoms with Gasteiger partial charge in [0.05, 0.1) is 6.10 Å². The van der Waals surface area contributed by atoms with Crippen LogP contribution >= 0.6 is 0 Å². The predicted octanol–water partition coefficient (Wildman–Crippen LogP) is 4.30. The molecule has 0 fully saturated rings. The van der Waals surface area contributed by atoms with Gasteiger partial charge in [0.1, 0.15) is 5.75 Å². The zero-order chi connectivity index (χ0) is 17.2. The summed E-state index contributed by atoms with van der Waals surface area (Å²) in [4.78, 5) is 0. The van der Waals surface area contributed by atoms with Gasteiger partial charge < -0.3 is 15.4 Å². The van der Waals surface area contributed by atoms with Gasteiger partial charge in [-0.15, -0.1) is 0 Å². The molecular weight excluding hydrogens is 296 g/mol. The molecule has 2 aromatic rings. The molecule has 2 aromatic carbocycles. The second-order valence-electron chi connectivity index (χ2n) is 6.31. The number of ether oxygens (including phenoxy) is 1. The largest absolute Gasteiger partial charge is 0.491 e. The Balaban J connectivity index is 1.67. The van der Waals surface area contributed by atoms with E-state index in [4.69, 9.17) is 4.74 Å². The molecule has 0 heterocycles. The predicted molar refractivity (Wildman–Crippen MR) is 101 cm³/mol. The average molecular weight is 326 g/mol. The maximum Gasteiger partial charge on any atom is 0.119 e. The number of benzene rings is 2. The second kappa shape index (κ2) is 10.1. The summed E-state index contributed by atoms with van der Waals surface area (Å²) in [5.41, 5.74) is 2.64. The van der Waals surface area contributed by atoms with E-state index in [1.807, 2.05) is 26.0 Å². The molecule has 0 aromatic heterocycles. The molecule has 24 heavy (non-hydrogen) atoms. The lowest BCUT2D eigenvalue weighted by molar-refractivity contribution is 0.242. The third-order valence-electron chi connectivity index (χ3n) is 3.93. The number of nitrogens with one attached hydrogen (secondary N) is 2. The smallest absolute Gasteiger partial charge is 0.119 e. The average Bonchev–Trinajstić information content (AvgIpc) is 2.60. The molecule has 2 N–H and O–H groups in total. The van der Waals surface area contributed by atoms with E-state index in [0.717, 1.165) is 31.8 Å². The minimum Gasteiger partial charge on any atom is -0.491 e. The Morgan fingerprint density at radius 1 is 0.917 bits per heavy atom. The van der Waals surface area contributed by atoms with Crippen LogP contribution in [0, 0.1) is 0 Å². The zero-order valence-electron chi connectivity index (χ0n) is 15.1. The standard InChI is InChI=1S/C21H30N2O/c1-4-21(19-8-6-5-7-9-19)23-15-14-22-16-18-10-12-20(13-11-18)24-17(2)3/h5-13,17,21-23H,4,14-16H2,1-3H3. The number of hydrogen-bond donors (Lipinski definition) is 2. The summed E-state index contributed by atoms with van der Waals surface area (Å²) < 4.78 is 5.66. The molecule has 0 aliphatic rings. The van der Waals surface area contributed by atoms with Gasteiger partial charge in [-0.2, -0.15) is 0 Å². The van der Waals surface area contributed by atoms with E-state index in [9.17, 15) is 0 Å². The molecule has 0 amide bonds. The molecule has 3 heteroatoms. The summed E-state index contributed by atoms with van der Waals surface area (Å²) in [7, 11) is 0. The fourth-order valence-corrected chi connectivity index (χ4v) is 2.71. The summed E-state index contributed by atoms with van der Waals surface area (Å²) >= 11 is 0. The Morgan fingerprint density at radius 2 is 1.62 bits per heavy atom. The summed E-state index contributed by atoms with van der Waals surface area (Å²) in [6.07, 6.45) is 1.32. The maximum absolute atomic E-state index is 5.66. The van der Waals surface area contributed by atoms with Gasteiger partial charge in [0.2, 0.25) is 0 Å². The molecule has 1 unspecified atom stereocenters. The van der Waals surface area contributed by atoms with Crippen molar-refractivity contribution in [2.45, 2.75) is 45.9 Å². The van der Waals surface area contributed by atoms with E-state index in [2.05, 4.69) is 60.0 Å². The van der Waals surface area contributed by atoms with E-state index in [1.54, 1.807) is 0 Å². The van der Waals surface area contributed by atoms with Crippen molar-refractivity contribution in [3.05, 3.63) is 65.7 Å². The van der Waals surface area contributed by atoms with Crippen LogP contribution in [0.4, 0.5) is 0 Å². The first-order valence-electron chi connectivity index (χ1n) is 8.93. The molecule has 2 rings (SSSR count). The highest BCUT2D eigenvalue weighted by Crippen LogP contribution is 2.15. The van der Waals surface area contributed by atoms with E-state index in [1.165, 1.54) is 11.1 Å². The molecule has 0 bridgehead atoms. The van der Waals surface area contributed by atoms with Crippen molar-refractivity contribution in [2.24, 2.45) is 0 Å². The molecule has 0 spiro atoms. The van der Waals surface area contributed by atoms with Crippen LogP contribution in [-0.4, -0.2) is 19.2 Å². The maximum atomic E-state index is 5.66. The van der Waals surface area contributed by atoms with Crippen molar-refractivity contribution in [1.82, 2.24) is 10.6 Å². The summed E-state index contributed by atoms with van der Waals surface area (Å²) in [6, 6.07) is 19.4. The molecule has 3 nitrogen and oxygen atoms in total. The fourth-order valence-electron chi connectivity index (χ4n) is 2.71. The van der Waals surface area contributed by atoms with Gasteiger partial charge in [-0.3, -0.25) is 0 Å². The Hall–Kier alpha value is -1.84. The van der Waals surface area contributed by atoms with E-state index in [0.29, 0.717) is 6.04 Å². The van der Waals surface area contributed by atoms with Crippen LogP contribution in [-0.2, 0) is 6.54 Å². The molecule has 0 saturated heterocycles. The summed E-state index contributed by atoms with van der Waals surface area (Å²) in [5.74, 6) is 0.934. The van der Waals surface area contributed by atoms with Crippen molar-refractivity contribution in [1.29, 1.82) is 0 Å². The molecular formula is C21H30N2O. The highest BCUT2D eigenvalue weighted by atomic mass is 16.5. The van der Waals surface area contributed by atoms with Crippen molar-refractivity contribution in [3.63, 3.8) is 0 Å². The number of hydrogen-bond acceptors (Lipinski definition) is 3. The van der Waals surface area contributed by atoms with E-state index < -0.39 is 0 Å². The van der Waals surface area contributed by atoms with Gasteiger partial charge in [0.15, 0.2) is 0 Å². The molecule has 0 radical (unpaired) electrons. The van der Waals surface area contributed by atoms with Crippen LogP contribution in [0.25, 0.3) is 0 Å². The minimum atomic E-state index is 0.219. The first-order valence-corrected chi connectivity index (χ1v) is 8.93. The van der Waals surface area contributed by atoms with Crippen LogP contribution in [0.1, 0.15) is 44.4 Å². The molecule has 0 aliphatic heterocycles. The highest BCUT2D eigenvalue weighted by Gasteiger charge is 2.06.